The summed E-state index contributed by atoms with van der Waals surface area (Å²) in [5, 5.41) is 3.46. The van der Waals surface area contributed by atoms with Gasteiger partial charge in [0.1, 0.15) is 0 Å². The van der Waals surface area contributed by atoms with Crippen molar-refractivity contribution >= 4 is 0 Å². The van der Waals surface area contributed by atoms with Crippen LogP contribution in [-0.4, -0.2) is 27.1 Å². The molecule has 0 atom stereocenters. The van der Waals surface area contributed by atoms with Crippen molar-refractivity contribution in [3.8, 4) is 6.01 Å². The third kappa shape index (κ3) is 2.27. The third-order valence-corrected chi connectivity index (χ3v) is 1.45. The first-order valence-electron chi connectivity index (χ1n) is 3.61. The van der Waals surface area contributed by atoms with Crippen molar-refractivity contribution in [3.63, 3.8) is 0 Å². The van der Waals surface area contributed by atoms with Crippen LogP contribution in [-0.2, 0) is 14.1 Å². The maximum Gasteiger partial charge on any atom is 0.422 e. The van der Waals surface area contributed by atoms with E-state index in [1.54, 1.807) is 0 Å². The fraction of sp³-hybridized carbons (Fsp3) is 0.667. The zero-order valence-electron chi connectivity index (χ0n) is 7.50. The molecule has 80 valence electrons. The summed E-state index contributed by atoms with van der Waals surface area (Å²) in [7, 11) is 2.60. The van der Waals surface area contributed by atoms with E-state index in [1.165, 1.54) is 14.1 Å². The topological polar surface area (TPSA) is 49.0 Å². The van der Waals surface area contributed by atoms with Crippen molar-refractivity contribution in [2.75, 3.05) is 6.61 Å². The van der Waals surface area contributed by atoms with Crippen LogP contribution in [0.1, 0.15) is 0 Å². The van der Waals surface area contributed by atoms with E-state index in [0.717, 1.165) is 9.25 Å². The lowest BCUT2D eigenvalue weighted by atomic mass is 10.7. The highest BCUT2D eigenvalue weighted by atomic mass is 19.4. The van der Waals surface area contributed by atoms with Crippen LogP contribution in [0.4, 0.5) is 13.2 Å². The normalized spacial score (nSPS) is 11.8. The van der Waals surface area contributed by atoms with E-state index in [4.69, 9.17) is 0 Å². The molecule has 1 rings (SSSR count). The standard InChI is InChI=1S/C6H8F3N3O2/c1-11-4(10-12(2)5(11)13)14-3-6(7,8)9/h3H2,1-2H3. The molecule has 0 bridgehead atoms. The highest BCUT2D eigenvalue weighted by Gasteiger charge is 2.29. The number of aromatic nitrogens is 3. The number of aryl methyl sites for hydroxylation is 1. The Balaban J connectivity index is 2.79. The second kappa shape index (κ2) is 3.35. The van der Waals surface area contributed by atoms with E-state index in [0.29, 0.717) is 0 Å². The fourth-order valence-electron chi connectivity index (χ4n) is 0.809. The van der Waals surface area contributed by atoms with Gasteiger partial charge in [-0.15, -0.1) is 5.10 Å². The van der Waals surface area contributed by atoms with Crippen molar-refractivity contribution in [2.45, 2.75) is 6.18 Å². The van der Waals surface area contributed by atoms with Crippen LogP contribution in [0.25, 0.3) is 0 Å². The molecule has 0 amide bonds. The molecule has 0 saturated heterocycles. The number of alkyl halides is 3. The van der Waals surface area contributed by atoms with Crippen molar-refractivity contribution < 1.29 is 17.9 Å². The first-order chi connectivity index (χ1) is 6.31. The molecule has 0 radical (unpaired) electrons. The Kier molecular flexibility index (Phi) is 2.54. The number of halogens is 3. The summed E-state index contributed by atoms with van der Waals surface area (Å²) < 4.78 is 41.3. The average molecular weight is 211 g/mol. The van der Waals surface area contributed by atoms with Crippen molar-refractivity contribution in [2.24, 2.45) is 14.1 Å². The Labute approximate surface area is 76.7 Å². The van der Waals surface area contributed by atoms with E-state index >= 15 is 0 Å². The molecule has 0 aliphatic carbocycles. The Morgan fingerprint density at radius 1 is 1.43 bits per heavy atom. The molecule has 0 aromatic carbocycles. The molecule has 0 fully saturated rings. The molecule has 14 heavy (non-hydrogen) atoms. The van der Waals surface area contributed by atoms with Crippen LogP contribution in [0, 0.1) is 0 Å². The minimum atomic E-state index is -4.44. The molecule has 8 heteroatoms. The van der Waals surface area contributed by atoms with Gasteiger partial charge < -0.3 is 4.74 Å². The van der Waals surface area contributed by atoms with Gasteiger partial charge in [0, 0.05) is 14.1 Å². The summed E-state index contributed by atoms with van der Waals surface area (Å²) >= 11 is 0. The lowest BCUT2D eigenvalue weighted by molar-refractivity contribution is -0.155. The molecule has 1 aromatic rings. The van der Waals surface area contributed by atoms with E-state index in [2.05, 4.69) is 9.84 Å². The summed E-state index contributed by atoms with van der Waals surface area (Å²) in [5.41, 5.74) is -0.540. The van der Waals surface area contributed by atoms with Gasteiger partial charge in [-0.05, 0) is 0 Å². The summed E-state index contributed by atoms with van der Waals surface area (Å²) in [4.78, 5) is 11.0. The second-order valence-corrected chi connectivity index (χ2v) is 2.65. The third-order valence-electron chi connectivity index (χ3n) is 1.45. The van der Waals surface area contributed by atoms with Gasteiger partial charge in [0.15, 0.2) is 6.61 Å². The van der Waals surface area contributed by atoms with Crippen molar-refractivity contribution in [1.82, 2.24) is 14.3 Å². The smallest absolute Gasteiger partial charge is 0.422 e. The number of nitrogens with zero attached hydrogens (tertiary/aromatic N) is 3. The monoisotopic (exact) mass is 211 g/mol. The molecule has 0 saturated carbocycles. The Bertz CT molecular complexity index is 379. The van der Waals surface area contributed by atoms with E-state index in [9.17, 15) is 18.0 Å². The van der Waals surface area contributed by atoms with E-state index < -0.39 is 18.5 Å². The number of rotatable bonds is 2. The minimum Gasteiger partial charge on any atom is -0.454 e. The average Bonchev–Trinajstić information content (AvgIpc) is 2.28. The quantitative estimate of drug-likeness (QED) is 0.695. The van der Waals surface area contributed by atoms with Crippen LogP contribution in [0.3, 0.4) is 0 Å². The van der Waals surface area contributed by atoms with Crippen molar-refractivity contribution in [1.29, 1.82) is 0 Å². The van der Waals surface area contributed by atoms with Crippen LogP contribution >= 0.6 is 0 Å². The van der Waals surface area contributed by atoms with Crippen LogP contribution in [0.5, 0.6) is 6.01 Å². The van der Waals surface area contributed by atoms with Crippen LogP contribution in [0.15, 0.2) is 4.79 Å². The van der Waals surface area contributed by atoms with Gasteiger partial charge in [-0.3, -0.25) is 0 Å². The summed E-state index contributed by atoms with van der Waals surface area (Å²) in [6, 6.07) is -0.352. The number of hydrogen-bond acceptors (Lipinski definition) is 3. The Hall–Kier alpha value is -1.47. The fourth-order valence-corrected chi connectivity index (χ4v) is 0.809. The van der Waals surface area contributed by atoms with E-state index in [1.807, 2.05) is 0 Å². The first-order valence-corrected chi connectivity index (χ1v) is 3.61. The van der Waals surface area contributed by atoms with Gasteiger partial charge >= 0.3 is 17.9 Å². The summed E-state index contributed by atoms with van der Waals surface area (Å²) in [6.45, 7) is -1.46. The number of hydrogen-bond donors (Lipinski definition) is 0. The summed E-state index contributed by atoms with van der Waals surface area (Å²) in [5.74, 6) is 0. The zero-order valence-corrected chi connectivity index (χ0v) is 7.50. The molecular formula is C6H8F3N3O2. The molecule has 0 spiro atoms. The first kappa shape index (κ1) is 10.6. The lowest BCUT2D eigenvalue weighted by Crippen LogP contribution is -2.22. The predicted octanol–water partition coefficient (Wildman–Crippen LogP) is 0.0599. The second-order valence-electron chi connectivity index (χ2n) is 2.65. The summed E-state index contributed by atoms with van der Waals surface area (Å²) in [6.07, 6.45) is -4.44. The molecule has 0 aliphatic rings. The van der Waals surface area contributed by atoms with E-state index in [-0.39, 0.29) is 6.01 Å². The maximum absolute atomic E-state index is 11.7. The van der Waals surface area contributed by atoms with Crippen LogP contribution < -0.4 is 10.4 Å². The highest BCUT2D eigenvalue weighted by molar-refractivity contribution is 4.92. The molecule has 1 heterocycles. The highest BCUT2D eigenvalue weighted by Crippen LogP contribution is 2.15. The molecule has 0 unspecified atom stereocenters. The van der Waals surface area contributed by atoms with Gasteiger partial charge in [0.05, 0.1) is 0 Å². The van der Waals surface area contributed by atoms with Gasteiger partial charge in [0.25, 0.3) is 0 Å². The molecule has 0 aliphatic heterocycles. The van der Waals surface area contributed by atoms with Gasteiger partial charge in [-0.2, -0.15) is 13.2 Å². The van der Waals surface area contributed by atoms with Crippen molar-refractivity contribution in [3.05, 3.63) is 10.5 Å². The van der Waals surface area contributed by atoms with Gasteiger partial charge in [-0.25, -0.2) is 14.0 Å². The molecule has 0 N–H and O–H groups in total. The Morgan fingerprint density at radius 3 is 2.36 bits per heavy atom. The van der Waals surface area contributed by atoms with Gasteiger partial charge in [0.2, 0.25) is 0 Å². The number of ether oxygens (including phenoxy) is 1. The SMILES string of the molecule is Cn1nc(OCC(F)(F)F)n(C)c1=O. The molecule has 5 nitrogen and oxygen atoms in total. The zero-order chi connectivity index (χ0) is 10.9. The van der Waals surface area contributed by atoms with Crippen LogP contribution in [0.2, 0.25) is 0 Å². The minimum absolute atomic E-state index is 0.352. The van der Waals surface area contributed by atoms with Gasteiger partial charge in [-0.1, -0.05) is 0 Å². The predicted molar refractivity (Wildman–Crippen MR) is 40.0 cm³/mol. The Morgan fingerprint density at radius 2 is 2.00 bits per heavy atom. The lowest BCUT2D eigenvalue weighted by Gasteiger charge is -2.06. The maximum atomic E-state index is 11.7. The largest absolute Gasteiger partial charge is 0.454 e. The molecule has 1 aromatic heterocycles. The molecular weight excluding hydrogens is 203 g/mol.